The number of aromatic amines is 1. The third-order valence-corrected chi connectivity index (χ3v) is 4.73. The summed E-state index contributed by atoms with van der Waals surface area (Å²) in [7, 11) is -3.47. The Bertz CT molecular complexity index is 529. The maximum atomic E-state index is 12.2. The fourth-order valence-electron chi connectivity index (χ4n) is 1.93. The van der Waals surface area contributed by atoms with E-state index in [-0.39, 0.29) is 17.2 Å². The molecule has 0 amide bonds. The Hall–Kier alpha value is -1.34. The number of carbonyl (C=O) groups is 1. The van der Waals surface area contributed by atoms with E-state index >= 15 is 0 Å². The number of hydrogen-bond donors (Lipinski definition) is 1. The van der Waals surface area contributed by atoms with Crippen LogP contribution in [0.5, 0.6) is 0 Å². The standard InChI is InChI=1S/C11H16N2O4S/c1-2-17-11(14)10-7-9(8-12-10)18(15,16)13-5-3-4-6-13/h7-8,12H,2-6H2,1H3. The molecule has 18 heavy (non-hydrogen) atoms. The van der Waals surface area contributed by atoms with Gasteiger partial charge >= 0.3 is 5.97 Å². The van der Waals surface area contributed by atoms with Gasteiger partial charge in [-0.15, -0.1) is 0 Å². The number of aromatic nitrogens is 1. The number of rotatable bonds is 4. The molecule has 0 bridgehead atoms. The van der Waals surface area contributed by atoms with Crippen LogP contribution in [0.4, 0.5) is 0 Å². The predicted octanol–water partition coefficient (Wildman–Crippen LogP) is 0.976. The zero-order chi connectivity index (χ0) is 13.2. The average molecular weight is 272 g/mol. The Kier molecular flexibility index (Phi) is 3.72. The Morgan fingerprint density at radius 2 is 2.11 bits per heavy atom. The summed E-state index contributed by atoms with van der Waals surface area (Å²) in [4.78, 5) is 14.2. The van der Waals surface area contributed by atoms with Gasteiger partial charge in [0, 0.05) is 19.3 Å². The van der Waals surface area contributed by atoms with E-state index in [4.69, 9.17) is 4.74 Å². The molecule has 0 saturated carbocycles. The minimum atomic E-state index is -3.47. The van der Waals surface area contributed by atoms with Crippen molar-refractivity contribution in [2.45, 2.75) is 24.7 Å². The number of carbonyl (C=O) groups excluding carboxylic acids is 1. The largest absolute Gasteiger partial charge is 0.461 e. The minimum Gasteiger partial charge on any atom is -0.461 e. The Morgan fingerprint density at radius 3 is 2.72 bits per heavy atom. The van der Waals surface area contributed by atoms with E-state index in [0.717, 1.165) is 12.8 Å². The van der Waals surface area contributed by atoms with E-state index in [2.05, 4.69) is 4.98 Å². The summed E-state index contributed by atoms with van der Waals surface area (Å²) in [5, 5.41) is 0. The van der Waals surface area contributed by atoms with Crippen LogP contribution in [-0.4, -0.2) is 43.4 Å². The van der Waals surface area contributed by atoms with Crippen molar-refractivity contribution < 1.29 is 17.9 Å². The number of H-pyrrole nitrogens is 1. The van der Waals surface area contributed by atoms with Crippen molar-refractivity contribution in [3.05, 3.63) is 18.0 Å². The minimum absolute atomic E-state index is 0.118. The highest BCUT2D eigenvalue weighted by Crippen LogP contribution is 2.21. The van der Waals surface area contributed by atoms with E-state index < -0.39 is 16.0 Å². The second kappa shape index (κ2) is 5.11. The number of esters is 1. The molecule has 0 aliphatic carbocycles. The van der Waals surface area contributed by atoms with Gasteiger partial charge in [0.05, 0.1) is 6.61 Å². The monoisotopic (exact) mass is 272 g/mol. The van der Waals surface area contributed by atoms with E-state index in [0.29, 0.717) is 13.1 Å². The van der Waals surface area contributed by atoms with Gasteiger partial charge in [-0.05, 0) is 25.8 Å². The zero-order valence-electron chi connectivity index (χ0n) is 10.2. The molecular formula is C11H16N2O4S. The summed E-state index contributed by atoms with van der Waals surface area (Å²) in [6, 6.07) is 1.33. The van der Waals surface area contributed by atoms with Crippen molar-refractivity contribution in [2.24, 2.45) is 0 Å². The summed E-state index contributed by atoms with van der Waals surface area (Å²) in [6.07, 6.45) is 3.10. The molecule has 1 fully saturated rings. The van der Waals surface area contributed by atoms with Crippen LogP contribution in [0.1, 0.15) is 30.3 Å². The topological polar surface area (TPSA) is 79.5 Å². The lowest BCUT2D eigenvalue weighted by Gasteiger charge is -2.13. The van der Waals surface area contributed by atoms with Crippen LogP contribution in [0, 0.1) is 0 Å². The Labute approximate surface area is 106 Å². The van der Waals surface area contributed by atoms with Gasteiger partial charge in [-0.25, -0.2) is 13.2 Å². The maximum Gasteiger partial charge on any atom is 0.354 e. The maximum absolute atomic E-state index is 12.2. The summed E-state index contributed by atoms with van der Waals surface area (Å²) < 4.78 is 30.6. The SMILES string of the molecule is CCOC(=O)c1cc(S(=O)(=O)N2CCCC2)c[nH]1. The van der Waals surface area contributed by atoms with Crippen LogP contribution >= 0.6 is 0 Å². The first-order valence-electron chi connectivity index (χ1n) is 5.91. The van der Waals surface area contributed by atoms with Gasteiger partial charge in [-0.3, -0.25) is 0 Å². The summed E-state index contributed by atoms with van der Waals surface area (Å²) >= 11 is 0. The lowest BCUT2D eigenvalue weighted by atomic mass is 10.4. The average Bonchev–Trinajstić information content (AvgIpc) is 3.01. The van der Waals surface area contributed by atoms with Gasteiger partial charge in [-0.2, -0.15) is 4.31 Å². The van der Waals surface area contributed by atoms with E-state index in [1.807, 2.05) is 0 Å². The molecule has 0 unspecified atom stereocenters. The van der Waals surface area contributed by atoms with Gasteiger partial charge in [0.1, 0.15) is 10.6 Å². The number of nitrogens with one attached hydrogen (secondary N) is 1. The Balaban J connectivity index is 2.21. The molecule has 1 aromatic heterocycles. The fraction of sp³-hybridized carbons (Fsp3) is 0.545. The van der Waals surface area contributed by atoms with Crippen LogP contribution in [0.15, 0.2) is 17.2 Å². The number of ether oxygens (including phenoxy) is 1. The fourth-order valence-corrected chi connectivity index (χ4v) is 3.44. The molecule has 1 aliphatic heterocycles. The van der Waals surface area contributed by atoms with Gasteiger partial charge in [-0.1, -0.05) is 0 Å². The quantitative estimate of drug-likeness (QED) is 0.828. The predicted molar refractivity (Wildman–Crippen MR) is 64.7 cm³/mol. The highest BCUT2D eigenvalue weighted by atomic mass is 32.2. The van der Waals surface area contributed by atoms with Crippen molar-refractivity contribution in [3.8, 4) is 0 Å². The van der Waals surface area contributed by atoms with Gasteiger partial charge in [0.2, 0.25) is 10.0 Å². The smallest absolute Gasteiger partial charge is 0.354 e. The van der Waals surface area contributed by atoms with Gasteiger partial charge in [0.15, 0.2) is 0 Å². The lowest BCUT2D eigenvalue weighted by Crippen LogP contribution is -2.27. The van der Waals surface area contributed by atoms with Crippen molar-refractivity contribution in [3.63, 3.8) is 0 Å². The third-order valence-electron chi connectivity index (χ3n) is 2.85. The second-order valence-corrected chi connectivity index (χ2v) is 6.02. The van der Waals surface area contributed by atoms with Crippen molar-refractivity contribution in [2.75, 3.05) is 19.7 Å². The second-order valence-electron chi connectivity index (χ2n) is 4.08. The first-order chi connectivity index (χ1) is 8.55. The van der Waals surface area contributed by atoms with Crippen LogP contribution in [-0.2, 0) is 14.8 Å². The van der Waals surface area contributed by atoms with Crippen molar-refractivity contribution >= 4 is 16.0 Å². The molecule has 0 radical (unpaired) electrons. The molecule has 0 aromatic carbocycles. The number of hydrogen-bond acceptors (Lipinski definition) is 4. The zero-order valence-corrected chi connectivity index (χ0v) is 11.0. The highest BCUT2D eigenvalue weighted by Gasteiger charge is 2.28. The van der Waals surface area contributed by atoms with Crippen molar-refractivity contribution in [1.29, 1.82) is 0 Å². The molecule has 0 atom stereocenters. The van der Waals surface area contributed by atoms with Gasteiger partial charge in [0.25, 0.3) is 0 Å². The highest BCUT2D eigenvalue weighted by molar-refractivity contribution is 7.89. The molecule has 1 saturated heterocycles. The van der Waals surface area contributed by atoms with Crippen LogP contribution in [0.3, 0.4) is 0 Å². The molecule has 7 heteroatoms. The molecule has 1 N–H and O–H groups in total. The molecule has 1 aliphatic rings. The number of sulfonamides is 1. The molecule has 1 aromatic rings. The summed E-state index contributed by atoms with van der Waals surface area (Å²) in [6.45, 7) is 3.04. The third kappa shape index (κ3) is 2.41. The van der Waals surface area contributed by atoms with E-state index in [1.165, 1.54) is 16.6 Å². The molecule has 2 heterocycles. The summed E-state index contributed by atoms with van der Waals surface area (Å²) in [5.41, 5.74) is 0.162. The van der Waals surface area contributed by atoms with Crippen LogP contribution in [0.25, 0.3) is 0 Å². The van der Waals surface area contributed by atoms with E-state index in [9.17, 15) is 13.2 Å². The van der Waals surface area contributed by atoms with E-state index in [1.54, 1.807) is 6.92 Å². The lowest BCUT2D eigenvalue weighted by molar-refractivity contribution is 0.0520. The van der Waals surface area contributed by atoms with Gasteiger partial charge < -0.3 is 9.72 Å². The summed E-state index contributed by atoms with van der Waals surface area (Å²) in [5.74, 6) is -0.541. The molecule has 0 spiro atoms. The Morgan fingerprint density at radius 1 is 1.44 bits per heavy atom. The molecule has 6 nitrogen and oxygen atoms in total. The number of nitrogens with zero attached hydrogens (tertiary/aromatic N) is 1. The molecule has 100 valence electrons. The normalized spacial score (nSPS) is 16.9. The van der Waals surface area contributed by atoms with Crippen LogP contribution in [0.2, 0.25) is 0 Å². The van der Waals surface area contributed by atoms with Crippen LogP contribution < -0.4 is 0 Å². The first kappa shape index (κ1) is 13.1. The molecule has 2 rings (SSSR count). The molecular weight excluding hydrogens is 256 g/mol. The first-order valence-corrected chi connectivity index (χ1v) is 7.35. The van der Waals surface area contributed by atoms with Crippen molar-refractivity contribution in [1.82, 2.24) is 9.29 Å².